The summed E-state index contributed by atoms with van der Waals surface area (Å²) < 4.78 is 5.11. The highest BCUT2D eigenvalue weighted by Gasteiger charge is 2.52. The molecule has 1 aromatic heterocycles. The van der Waals surface area contributed by atoms with Gasteiger partial charge in [-0.2, -0.15) is 5.10 Å². The number of allylic oxidation sites excluding steroid dienone is 4. The van der Waals surface area contributed by atoms with Gasteiger partial charge in [-0.3, -0.25) is 14.7 Å². The van der Waals surface area contributed by atoms with E-state index < -0.39 is 0 Å². The van der Waals surface area contributed by atoms with Gasteiger partial charge in [-0.25, -0.2) is 0 Å². The van der Waals surface area contributed by atoms with E-state index in [0.29, 0.717) is 18.8 Å². The molecule has 1 fully saturated rings. The topological polar surface area (TPSA) is 84.1 Å². The molecule has 0 aromatic carbocycles. The normalized spacial score (nSPS) is 28.3. The van der Waals surface area contributed by atoms with Crippen molar-refractivity contribution in [1.82, 2.24) is 10.2 Å². The molecule has 4 rings (SSSR count). The number of carbonyl (C=O) groups excluding carboxylic acids is 2. The Morgan fingerprint density at radius 2 is 2.32 bits per heavy atom. The number of nitrogens with zero attached hydrogens (tertiary/aromatic N) is 1. The van der Waals surface area contributed by atoms with E-state index in [1.807, 2.05) is 25.2 Å². The third-order valence-corrected chi connectivity index (χ3v) is 4.62. The summed E-state index contributed by atoms with van der Waals surface area (Å²) in [6, 6.07) is 0. The van der Waals surface area contributed by atoms with Crippen molar-refractivity contribution in [3.8, 4) is 0 Å². The van der Waals surface area contributed by atoms with Crippen LogP contribution in [0.5, 0.6) is 0 Å². The molecular formula is C16H17N3O3. The molecule has 1 aromatic rings. The van der Waals surface area contributed by atoms with Crippen molar-refractivity contribution >= 4 is 23.3 Å². The average Bonchev–Trinajstić information content (AvgIpc) is 3.13. The van der Waals surface area contributed by atoms with Crippen molar-refractivity contribution in [3.63, 3.8) is 0 Å². The second kappa shape index (κ2) is 4.83. The monoisotopic (exact) mass is 299 g/mol. The second-order valence-electron chi connectivity index (χ2n) is 5.96. The summed E-state index contributed by atoms with van der Waals surface area (Å²) in [7, 11) is 0. The number of hydrogen-bond donors (Lipinski definition) is 2. The molecule has 0 saturated heterocycles. The summed E-state index contributed by atoms with van der Waals surface area (Å²) in [5.74, 6) is 0.534. The SMILES string of the molecule is CCOC(=O)C1CC1C1CC(=O)Nc2n[nH]c(C3=CC=C3)c21. The van der Waals surface area contributed by atoms with Crippen LogP contribution in [0.1, 0.15) is 36.9 Å². The molecule has 114 valence electrons. The van der Waals surface area contributed by atoms with Crippen LogP contribution in [0.15, 0.2) is 18.2 Å². The zero-order chi connectivity index (χ0) is 15.3. The van der Waals surface area contributed by atoms with Gasteiger partial charge in [-0.05, 0) is 24.8 Å². The Bertz CT molecular complexity index is 716. The number of carbonyl (C=O) groups is 2. The van der Waals surface area contributed by atoms with Crippen LogP contribution < -0.4 is 5.32 Å². The van der Waals surface area contributed by atoms with Crippen molar-refractivity contribution in [3.05, 3.63) is 29.5 Å². The number of rotatable bonds is 4. The molecule has 1 saturated carbocycles. The van der Waals surface area contributed by atoms with Crippen molar-refractivity contribution in [2.45, 2.75) is 25.7 Å². The van der Waals surface area contributed by atoms with Crippen molar-refractivity contribution in [1.29, 1.82) is 0 Å². The Morgan fingerprint density at radius 1 is 1.50 bits per heavy atom. The van der Waals surface area contributed by atoms with E-state index in [0.717, 1.165) is 23.3 Å². The number of anilines is 1. The Balaban J connectivity index is 1.63. The van der Waals surface area contributed by atoms with E-state index >= 15 is 0 Å². The highest BCUT2D eigenvalue weighted by Crippen LogP contribution is 2.54. The Morgan fingerprint density at radius 3 is 3.00 bits per heavy atom. The third kappa shape index (κ3) is 1.98. The van der Waals surface area contributed by atoms with Crippen LogP contribution in [0.25, 0.3) is 5.57 Å². The van der Waals surface area contributed by atoms with Crippen LogP contribution in [0.4, 0.5) is 5.82 Å². The fourth-order valence-electron chi connectivity index (χ4n) is 3.42. The molecule has 0 spiro atoms. The van der Waals surface area contributed by atoms with Gasteiger partial charge in [-0.15, -0.1) is 0 Å². The molecule has 1 amide bonds. The maximum Gasteiger partial charge on any atom is 0.309 e. The lowest BCUT2D eigenvalue weighted by molar-refractivity contribution is -0.145. The molecule has 3 atom stereocenters. The summed E-state index contributed by atoms with van der Waals surface area (Å²) in [6.45, 7) is 2.21. The van der Waals surface area contributed by atoms with Crippen LogP contribution in [0, 0.1) is 11.8 Å². The summed E-state index contributed by atoms with van der Waals surface area (Å²) in [5.41, 5.74) is 3.08. The fraction of sp³-hybridized carbons (Fsp3) is 0.438. The minimum Gasteiger partial charge on any atom is -0.466 e. The number of hydrogen-bond acceptors (Lipinski definition) is 4. The van der Waals surface area contributed by atoms with Gasteiger partial charge in [0.05, 0.1) is 18.2 Å². The number of H-pyrrole nitrogens is 1. The molecule has 0 radical (unpaired) electrons. The molecular weight excluding hydrogens is 282 g/mol. The maximum absolute atomic E-state index is 11.9. The van der Waals surface area contributed by atoms with E-state index in [1.54, 1.807) is 0 Å². The first kappa shape index (κ1) is 13.3. The zero-order valence-corrected chi connectivity index (χ0v) is 12.3. The smallest absolute Gasteiger partial charge is 0.309 e. The number of ether oxygens (including phenoxy) is 1. The first-order valence-electron chi connectivity index (χ1n) is 7.62. The van der Waals surface area contributed by atoms with Crippen molar-refractivity contribution < 1.29 is 14.3 Å². The molecule has 2 heterocycles. The molecule has 3 unspecified atom stereocenters. The number of aromatic amines is 1. The lowest BCUT2D eigenvalue weighted by Gasteiger charge is -2.24. The van der Waals surface area contributed by atoms with E-state index in [-0.39, 0.29) is 29.6 Å². The zero-order valence-electron chi connectivity index (χ0n) is 12.3. The summed E-state index contributed by atoms with van der Waals surface area (Å²) >= 11 is 0. The number of esters is 1. The molecule has 6 heteroatoms. The third-order valence-electron chi connectivity index (χ3n) is 4.62. The van der Waals surface area contributed by atoms with Gasteiger partial charge in [0.2, 0.25) is 5.91 Å². The molecule has 3 aliphatic rings. The summed E-state index contributed by atoms with van der Waals surface area (Å²) in [6.07, 6.45) is 7.18. The molecule has 1 aliphatic heterocycles. The van der Waals surface area contributed by atoms with E-state index in [9.17, 15) is 9.59 Å². The summed E-state index contributed by atoms with van der Waals surface area (Å²) in [4.78, 5) is 23.8. The molecule has 22 heavy (non-hydrogen) atoms. The van der Waals surface area contributed by atoms with Crippen molar-refractivity contribution in [2.24, 2.45) is 11.8 Å². The number of fused-ring (bicyclic) bond motifs is 1. The van der Waals surface area contributed by atoms with Crippen LogP contribution in [-0.2, 0) is 14.3 Å². The fourth-order valence-corrected chi connectivity index (χ4v) is 3.42. The molecule has 2 N–H and O–H groups in total. The summed E-state index contributed by atoms with van der Waals surface area (Å²) in [5, 5.41) is 10.1. The maximum atomic E-state index is 11.9. The first-order valence-corrected chi connectivity index (χ1v) is 7.62. The number of amides is 1. The molecule has 6 nitrogen and oxygen atoms in total. The van der Waals surface area contributed by atoms with Gasteiger partial charge in [0.15, 0.2) is 5.82 Å². The van der Waals surface area contributed by atoms with Gasteiger partial charge in [0.1, 0.15) is 0 Å². The standard InChI is InChI=1S/C16H17N3O3/c1-2-22-16(21)11-6-9(11)10-7-12(20)17-15-13(10)14(18-19-15)8-4-3-5-8/h3-5,9-11H,2,6-7H2,1H3,(H2,17,18,19,20). The minimum absolute atomic E-state index is 0.0295. The van der Waals surface area contributed by atoms with Gasteiger partial charge in [-0.1, -0.05) is 18.2 Å². The molecule has 2 aliphatic carbocycles. The molecule has 0 bridgehead atoms. The predicted molar refractivity (Wildman–Crippen MR) is 79.9 cm³/mol. The average molecular weight is 299 g/mol. The number of aromatic nitrogens is 2. The largest absolute Gasteiger partial charge is 0.466 e. The van der Waals surface area contributed by atoms with Crippen LogP contribution in [-0.4, -0.2) is 28.7 Å². The Labute approximate surface area is 127 Å². The van der Waals surface area contributed by atoms with Crippen LogP contribution in [0.2, 0.25) is 0 Å². The van der Waals surface area contributed by atoms with Gasteiger partial charge in [0, 0.05) is 17.9 Å². The second-order valence-corrected chi connectivity index (χ2v) is 5.96. The predicted octanol–water partition coefficient (Wildman–Crippen LogP) is 1.99. The Kier molecular flexibility index (Phi) is 2.92. The van der Waals surface area contributed by atoms with Crippen molar-refractivity contribution in [2.75, 3.05) is 11.9 Å². The lowest BCUT2D eigenvalue weighted by Crippen LogP contribution is -2.25. The van der Waals surface area contributed by atoms with Gasteiger partial charge in [0.25, 0.3) is 0 Å². The Hall–Kier alpha value is -2.37. The highest BCUT2D eigenvalue weighted by atomic mass is 16.5. The van der Waals surface area contributed by atoms with E-state index in [4.69, 9.17) is 4.74 Å². The van der Waals surface area contributed by atoms with Crippen LogP contribution >= 0.6 is 0 Å². The lowest BCUT2D eigenvalue weighted by atomic mass is 9.84. The van der Waals surface area contributed by atoms with E-state index in [1.165, 1.54) is 0 Å². The van der Waals surface area contributed by atoms with Gasteiger partial charge >= 0.3 is 5.97 Å². The van der Waals surface area contributed by atoms with Crippen LogP contribution in [0.3, 0.4) is 0 Å². The number of nitrogens with one attached hydrogen (secondary N) is 2. The van der Waals surface area contributed by atoms with E-state index in [2.05, 4.69) is 15.5 Å². The highest BCUT2D eigenvalue weighted by molar-refractivity contribution is 5.96. The quantitative estimate of drug-likeness (QED) is 0.833. The van der Waals surface area contributed by atoms with Gasteiger partial charge < -0.3 is 10.1 Å². The minimum atomic E-state index is -0.146. The first-order chi connectivity index (χ1) is 10.7.